The van der Waals surface area contributed by atoms with E-state index in [9.17, 15) is 0 Å². The first-order valence-electron chi connectivity index (χ1n) is 9.58. The summed E-state index contributed by atoms with van der Waals surface area (Å²) >= 11 is 0. The van der Waals surface area contributed by atoms with Crippen LogP contribution >= 0.6 is 0 Å². The molecule has 1 N–H and O–H groups in total. The zero-order valence-corrected chi connectivity index (χ0v) is 18.8. The van der Waals surface area contributed by atoms with Gasteiger partial charge in [0.25, 0.3) is 0 Å². The summed E-state index contributed by atoms with van der Waals surface area (Å²) in [6.07, 6.45) is 1.86. The number of rotatable bonds is 4. The summed E-state index contributed by atoms with van der Waals surface area (Å²) in [6.45, 7) is 2.06. The summed E-state index contributed by atoms with van der Waals surface area (Å²) in [6, 6.07) is 19.6. The van der Waals surface area contributed by atoms with Crippen molar-refractivity contribution < 1.29 is 47.8 Å². The molecule has 172 valence electrons. The first-order chi connectivity index (χ1) is 15.7. The van der Waals surface area contributed by atoms with Crippen LogP contribution in [0.5, 0.6) is 11.5 Å². The number of benzene rings is 2. The van der Waals surface area contributed by atoms with E-state index in [1.165, 1.54) is 0 Å². The number of H-pyrrole nitrogens is 1. The Labute approximate surface area is 191 Å². The Kier molecular flexibility index (Phi) is 7.64. The Morgan fingerprint density at radius 1 is 0.879 bits per heavy atom. The van der Waals surface area contributed by atoms with Crippen LogP contribution in [-0.2, 0) is 0 Å². The minimum atomic E-state index is -4.94. The average molecular weight is 473 g/mol. The second kappa shape index (κ2) is 10.4. The molecule has 0 atom stereocenters. The fourth-order valence-electron chi connectivity index (χ4n) is 3.09. The molecular weight excluding hydrogens is 452 g/mol. The minimum Gasteiger partial charge on any atom is -0.493 e. The molecule has 0 aliphatic rings. The number of hydrogen-bond acceptors (Lipinski definition) is 8. The van der Waals surface area contributed by atoms with Gasteiger partial charge in [-0.25, -0.2) is 23.6 Å². The Balaban J connectivity index is 0.000000555. The number of fused-ring (bicyclic) bond motifs is 1. The smallest absolute Gasteiger partial charge is 0.321 e. The van der Waals surface area contributed by atoms with Crippen molar-refractivity contribution in [2.45, 2.75) is 6.92 Å². The molecule has 0 radical (unpaired) electrons. The van der Waals surface area contributed by atoms with Crippen molar-refractivity contribution in [3.05, 3.63) is 77.8 Å². The molecule has 0 unspecified atom stereocenters. The van der Waals surface area contributed by atoms with Gasteiger partial charge in [-0.2, -0.15) is 0 Å². The van der Waals surface area contributed by atoms with E-state index >= 15 is 0 Å². The molecule has 2 aromatic heterocycles. The van der Waals surface area contributed by atoms with Crippen molar-refractivity contribution in [1.82, 2.24) is 0 Å². The molecule has 0 bridgehead atoms. The lowest BCUT2D eigenvalue weighted by Crippen LogP contribution is -2.68. The molecule has 0 amide bonds. The van der Waals surface area contributed by atoms with Crippen LogP contribution in [0.3, 0.4) is 0 Å². The third-order valence-corrected chi connectivity index (χ3v) is 4.50. The van der Waals surface area contributed by atoms with Crippen LogP contribution in [0.4, 0.5) is 5.82 Å². The molecule has 0 aliphatic heterocycles. The maximum Gasteiger partial charge on any atom is 0.321 e. The highest BCUT2D eigenvalue weighted by atomic mass is 35.7. The number of ether oxygens (including phenoxy) is 2. The third kappa shape index (κ3) is 6.75. The molecule has 4 rings (SSSR count). The monoisotopic (exact) mass is 472 g/mol. The SMILES string of the molecule is COc1ccc(-c2c/c(=N\c3cccc[nH+]3)c3cc(C)ccc3o2)cc1OC.[O-][Cl+3]([O-])([O-])[O-]. The van der Waals surface area contributed by atoms with Crippen LogP contribution in [0.25, 0.3) is 22.3 Å². The maximum absolute atomic E-state index is 8.49. The number of pyridine rings is 1. The van der Waals surface area contributed by atoms with Crippen LogP contribution in [0.1, 0.15) is 5.56 Å². The van der Waals surface area contributed by atoms with Gasteiger partial charge in [0.15, 0.2) is 16.9 Å². The molecule has 2 aromatic carbocycles. The van der Waals surface area contributed by atoms with E-state index in [1.807, 2.05) is 60.8 Å². The summed E-state index contributed by atoms with van der Waals surface area (Å²) in [5, 5.41) is 1.79. The molecule has 0 saturated carbocycles. The highest BCUT2D eigenvalue weighted by Gasteiger charge is 2.12. The van der Waals surface area contributed by atoms with Crippen molar-refractivity contribution in [2.75, 3.05) is 14.2 Å². The Morgan fingerprint density at radius 2 is 1.61 bits per heavy atom. The molecule has 4 aromatic rings. The van der Waals surface area contributed by atoms with Gasteiger partial charge in [0.1, 0.15) is 11.3 Å². The van der Waals surface area contributed by atoms with Gasteiger partial charge in [0.2, 0.25) is 0 Å². The van der Waals surface area contributed by atoms with Gasteiger partial charge >= 0.3 is 5.82 Å². The zero-order chi connectivity index (χ0) is 24.0. The van der Waals surface area contributed by atoms with Gasteiger partial charge < -0.3 is 13.9 Å². The maximum atomic E-state index is 8.49. The van der Waals surface area contributed by atoms with E-state index in [4.69, 9.17) is 37.5 Å². The quantitative estimate of drug-likeness (QED) is 0.396. The van der Waals surface area contributed by atoms with Gasteiger partial charge in [0, 0.05) is 17.7 Å². The Bertz CT molecular complexity index is 1300. The summed E-state index contributed by atoms with van der Waals surface area (Å²) < 4.78 is 50.9. The van der Waals surface area contributed by atoms with E-state index in [0.717, 1.165) is 33.3 Å². The van der Waals surface area contributed by atoms with Crippen LogP contribution in [0.2, 0.25) is 0 Å². The second-order valence-electron chi connectivity index (χ2n) is 6.80. The molecular formula is C23H21ClN2O7. The first kappa shape index (κ1) is 24.2. The predicted octanol–water partition coefficient (Wildman–Crippen LogP) is -0.284. The molecule has 9 nitrogen and oxygen atoms in total. The van der Waals surface area contributed by atoms with E-state index < -0.39 is 10.2 Å². The normalized spacial score (nSPS) is 11.7. The number of aryl methyl sites for hydroxylation is 1. The molecule has 2 heterocycles. The lowest BCUT2D eigenvalue weighted by molar-refractivity contribution is -2.00. The van der Waals surface area contributed by atoms with Crippen molar-refractivity contribution in [2.24, 2.45) is 4.99 Å². The van der Waals surface area contributed by atoms with Gasteiger partial charge in [-0.1, -0.05) is 17.7 Å². The molecule has 0 saturated heterocycles. The van der Waals surface area contributed by atoms with Crippen LogP contribution in [-0.4, -0.2) is 14.2 Å². The second-order valence-corrected chi connectivity index (χ2v) is 7.56. The predicted molar refractivity (Wildman–Crippen MR) is 108 cm³/mol. The van der Waals surface area contributed by atoms with E-state index in [-0.39, 0.29) is 0 Å². The van der Waals surface area contributed by atoms with Crippen LogP contribution < -0.4 is 38.5 Å². The van der Waals surface area contributed by atoms with E-state index in [1.54, 1.807) is 14.2 Å². The van der Waals surface area contributed by atoms with Crippen LogP contribution in [0, 0.1) is 17.2 Å². The molecule has 10 heteroatoms. The summed E-state index contributed by atoms with van der Waals surface area (Å²) in [4.78, 5) is 7.96. The van der Waals surface area contributed by atoms with Crippen molar-refractivity contribution in [1.29, 1.82) is 0 Å². The number of methoxy groups -OCH3 is 2. The van der Waals surface area contributed by atoms with E-state index in [0.29, 0.717) is 17.3 Å². The number of halogens is 1. The highest BCUT2D eigenvalue weighted by Crippen LogP contribution is 2.32. The lowest BCUT2D eigenvalue weighted by Gasteiger charge is -2.17. The molecule has 0 aliphatic carbocycles. The number of nitrogens with one attached hydrogen (secondary N) is 1. The fraction of sp³-hybridized carbons (Fsp3) is 0.130. The van der Waals surface area contributed by atoms with Crippen molar-refractivity contribution >= 4 is 16.8 Å². The van der Waals surface area contributed by atoms with Gasteiger partial charge in [-0.15, -0.1) is 10.2 Å². The Morgan fingerprint density at radius 3 is 2.24 bits per heavy atom. The molecule has 0 spiro atoms. The lowest BCUT2D eigenvalue weighted by atomic mass is 10.1. The largest absolute Gasteiger partial charge is 0.493 e. The third-order valence-electron chi connectivity index (χ3n) is 4.50. The van der Waals surface area contributed by atoms with Crippen molar-refractivity contribution in [3.63, 3.8) is 0 Å². The van der Waals surface area contributed by atoms with Crippen molar-refractivity contribution in [3.8, 4) is 22.8 Å². The highest BCUT2D eigenvalue weighted by molar-refractivity contribution is 5.79. The standard InChI is InChI=1S/C23H20N2O3.ClHO4/c1-15-7-9-19-17(12-15)18(25-23-6-4-5-11-24-23)14-21(28-19)16-8-10-20(26-2)22(13-16)27-3;2-1(3,4)5/h4-14H,1-3H3;(H,2,3,4,5)/b25-18+;. The van der Waals surface area contributed by atoms with Gasteiger partial charge in [-0.05, 0) is 48.3 Å². The number of hydrogen-bond donors (Lipinski definition) is 0. The first-order valence-corrected chi connectivity index (χ1v) is 10.8. The number of nitrogens with zero attached hydrogens (tertiary/aromatic N) is 1. The fourth-order valence-corrected chi connectivity index (χ4v) is 3.09. The zero-order valence-electron chi connectivity index (χ0n) is 18.0. The van der Waals surface area contributed by atoms with Crippen LogP contribution in [0.15, 0.2) is 76.3 Å². The average Bonchev–Trinajstić information content (AvgIpc) is 2.78. The van der Waals surface area contributed by atoms with Gasteiger partial charge in [-0.3, -0.25) is 0 Å². The topological polar surface area (TPSA) is 150 Å². The Hall–Kier alpha value is -3.47. The number of aromatic nitrogens is 1. The van der Waals surface area contributed by atoms with Gasteiger partial charge in [0.05, 0.1) is 25.8 Å². The summed E-state index contributed by atoms with van der Waals surface area (Å²) in [5.74, 6) is 2.79. The molecule has 33 heavy (non-hydrogen) atoms. The molecule has 0 fully saturated rings. The summed E-state index contributed by atoms with van der Waals surface area (Å²) in [5.41, 5.74) is 2.80. The van der Waals surface area contributed by atoms with E-state index in [2.05, 4.69) is 18.0 Å². The minimum absolute atomic E-state index is 0.647. The number of aromatic amines is 1. The summed E-state index contributed by atoms with van der Waals surface area (Å²) in [7, 11) is -1.71.